The van der Waals surface area contributed by atoms with Gasteiger partial charge in [0.05, 0.1) is 18.5 Å². The van der Waals surface area contributed by atoms with Crippen LogP contribution in [0.2, 0.25) is 0 Å². The number of carbonyl (C=O) groups is 4. The smallest absolute Gasteiger partial charge is 0.332 e. The van der Waals surface area contributed by atoms with Gasteiger partial charge in [-0.15, -0.1) is 0 Å². The van der Waals surface area contributed by atoms with Crippen LogP contribution >= 0.6 is 31.9 Å². The van der Waals surface area contributed by atoms with Crippen molar-refractivity contribution in [2.75, 3.05) is 27.3 Å². The third-order valence-corrected chi connectivity index (χ3v) is 9.92. The highest BCUT2D eigenvalue weighted by atomic mass is 79.9. The molecular weight excluding hydrogens is 740 g/mol. The van der Waals surface area contributed by atoms with Crippen LogP contribution in [0, 0.1) is 40.9 Å². The average molecular weight is 809 g/mol. The molecule has 2 fully saturated rings. The summed E-state index contributed by atoms with van der Waals surface area (Å²) in [6.45, 7) is 15.7. The molecule has 2 saturated carbocycles. The molecule has 7 unspecified atom stereocenters. The van der Waals surface area contributed by atoms with Crippen molar-refractivity contribution in [2.24, 2.45) is 40.9 Å². The number of hydrogen-bond acceptors (Lipinski definition) is 6. The van der Waals surface area contributed by atoms with Crippen LogP contribution in [-0.4, -0.2) is 59.7 Å². The van der Waals surface area contributed by atoms with Crippen molar-refractivity contribution in [3.05, 3.63) is 36.5 Å². The number of esters is 2. The summed E-state index contributed by atoms with van der Waals surface area (Å²) in [5.74, 6) is 3.46. The SMILES string of the molecule is C.C.C.C.C=C(C)C(=O)OC.CC(C)(Br)C(=O)NCC1CC2C=CC1C2.COC(=O)C(C)(Br)CC(C)(C)C(=O)NCC1CC2C=CC1C2. The first-order valence-corrected chi connectivity index (χ1v) is 17.0. The molecule has 8 nitrogen and oxygen atoms in total. The van der Waals surface area contributed by atoms with Gasteiger partial charge >= 0.3 is 11.9 Å². The van der Waals surface area contributed by atoms with Gasteiger partial charge in [-0.1, -0.05) is 106 Å². The highest BCUT2D eigenvalue weighted by Gasteiger charge is 2.42. The second kappa shape index (κ2) is 21.3. The molecule has 0 aromatic carbocycles. The Labute approximate surface area is 310 Å². The number of ether oxygens (including phenoxy) is 2. The predicted molar refractivity (Wildman–Crippen MR) is 208 cm³/mol. The van der Waals surface area contributed by atoms with Crippen molar-refractivity contribution < 1.29 is 28.7 Å². The first-order chi connectivity index (χ1) is 20.3. The Bertz CT molecular complexity index is 1120. The van der Waals surface area contributed by atoms with E-state index in [1.54, 1.807) is 13.8 Å². The molecular formula is C38H68Br2N2O6. The van der Waals surface area contributed by atoms with E-state index in [9.17, 15) is 19.2 Å². The summed E-state index contributed by atoms with van der Waals surface area (Å²) in [6.07, 6.45) is 14.6. The number of rotatable bonds is 10. The fourth-order valence-corrected chi connectivity index (χ4v) is 7.53. The molecule has 4 rings (SSSR count). The molecule has 10 heteroatoms. The van der Waals surface area contributed by atoms with E-state index in [-0.39, 0.29) is 53.5 Å². The Morgan fingerprint density at radius 2 is 1.15 bits per heavy atom. The Hall–Kier alpha value is -1.94. The third kappa shape index (κ3) is 14.9. The van der Waals surface area contributed by atoms with Gasteiger partial charge in [-0.3, -0.25) is 14.4 Å². The van der Waals surface area contributed by atoms with Crippen molar-refractivity contribution in [3.8, 4) is 0 Å². The predicted octanol–water partition coefficient (Wildman–Crippen LogP) is 8.83. The second-order valence-corrected chi connectivity index (χ2v) is 17.7. The lowest BCUT2D eigenvalue weighted by Crippen LogP contribution is -2.45. The van der Waals surface area contributed by atoms with Crippen LogP contribution in [0.4, 0.5) is 0 Å². The zero-order valence-electron chi connectivity index (χ0n) is 27.6. The lowest BCUT2D eigenvalue weighted by molar-refractivity contribution is -0.144. The zero-order valence-corrected chi connectivity index (χ0v) is 30.8. The van der Waals surface area contributed by atoms with Crippen molar-refractivity contribution in [1.82, 2.24) is 10.6 Å². The number of halogens is 2. The quantitative estimate of drug-likeness (QED) is 0.0989. The molecule has 0 radical (unpaired) electrons. The van der Waals surface area contributed by atoms with Crippen LogP contribution in [0.15, 0.2) is 36.5 Å². The van der Waals surface area contributed by atoms with Crippen molar-refractivity contribution in [1.29, 1.82) is 0 Å². The molecule has 0 aromatic heterocycles. The highest BCUT2D eigenvalue weighted by molar-refractivity contribution is 9.10. The molecule has 4 aliphatic rings. The van der Waals surface area contributed by atoms with E-state index >= 15 is 0 Å². The molecule has 0 aromatic rings. The van der Waals surface area contributed by atoms with Gasteiger partial charge < -0.3 is 20.1 Å². The van der Waals surface area contributed by atoms with Crippen LogP contribution in [0.1, 0.15) is 103 Å². The third-order valence-electron chi connectivity index (χ3n) is 8.96. The normalized spacial score (nSPS) is 25.0. The number of hydrogen-bond donors (Lipinski definition) is 2. The molecule has 48 heavy (non-hydrogen) atoms. The van der Waals surface area contributed by atoms with Gasteiger partial charge in [0.25, 0.3) is 0 Å². The topological polar surface area (TPSA) is 111 Å². The summed E-state index contributed by atoms with van der Waals surface area (Å²) in [5.41, 5.74) is -0.206. The van der Waals surface area contributed by atoms with E-state index in [2.05, 4.69) is 78.1 Å². The van der Waals surface area contributed by atoms with Gasteiger partial charge in [-0.05, 0) is 95.3 Å². The first kappa shape index (κ1) is 50.4. The maximum Gasteiger partial charge on any atom is 0.332 e. The summed E-state index contributed by atoms with van der Waals surface area (Å²) in [6, 6.07) is 0. The molecule has 7 atom stereocenters. The molecule has 0 aliphatic heterocycles. The number of allylic oxidation sites excluding steroid dienone is 4. The Balaban J connectivity index is -0.000000682. The monoisotopic (exact) mass is 806 g/mol. The van der Waals surface area contributed by atoms with Gasteiger partial charge in [0.15, 0.2) is 0 Å². The zero-order chi connectivity index (χ0) is 33.5. The van der Waals surface area contributed by atoms with E-state index in [0.717, 1.165) is 19.0 Å². The van der Waals surface area contributed by atoms with E-state index in [0.29, 0.717) is 41.6 Å². The molecule has 0 saturated heterocycles. The number of fused-ring (bicyclic) bond motifs is 4. The summed E-state index contributed by atoms with van der Waals surface area (Å²) >= 11 is 6.76. The van der Waals surface area contributed by atoms with E-state index in [1.165, 1.54) is 39.9 Å². The van der Waals surface area contributed by atoms with Gasteiger partial charge in [0, 0.05) is 24.1 Å². The Kier molecular flexibility index (Phi) is 22.4. The molecule has 0 heterocycles. The second-order valence-electron chi connectivity index (χ2n) is 14.0. The van der Waals surface area contributed by atoms with E-state index < -0.39 is 14.1 Å². The molecule has 280 valence electrons. The standard InChI is InChI=1S/C17H26BrNO3.C12H18BrNO.C5H8O2.4CH4/c1-16(2,10-17(3,18)15(21)22-4)14(20)19-9-13-8-11-5-6-12(13)7-11;1-12(2,13)11(15)14-7-10-6-8-3-4-9(10)5-8;1-4(2)5(6)7-3;;;;/h5-6,11-13H,7-10H2,1-4H3,(H,19,20);3-4,8-10H,5-7H2,1-2H3,(H,14,15);1H2,2-3H3;4*1H4. The van der Waals surface area contributed by atoms with Crippen LogP contribution in [0.5, 0.6) is 0 Å². The number of alkyl halides is 2. The van der Waals surface area contributed by atoms with Crippen LogP contribution in [0.3, 0.4) is 0 Å². The molecule has 2 N–H and O–H groups in total. The number of amides is 2. The van der Waals surface area contributed by atoms with Gasteiger partial charge in [0.2, 0.25) is 11.8 Å². The number of methoxy groups -OCH3 is 2. The van der Waals surface area contributed by atoms with Crippen LogP contribution < -0.4 is 10.6 Å². The summed E-state index contributed by atoms with van der Waals surface area (Å²) in [4.78, 5) is 46.1. The van der Waals surface area contributed by atoms with Crippen molar-refractivity contribution >= 4 is 55.6 Å². The van der Waals surface area contributed by atoms with Crippen molar-refractivity contribution in [2.45, 2.75) is 112 Å². The number of carbonyl (C=O) groups excluding carboxylic acids is 4. The lowest BCUT2D eigenvalue weighted by atomic mass is 9.82. The maximum absolute atomic E-state index is 12.5. The van der Waals surface area contributed by atoms with Gasteiger partial charge in [-0.25, -0.2) is 4.79 Å². The fourth-order valence-electron chi connectivity index (χ4n) is 6.53. The van der Waals surface area contributed by atoms with Gasteiger partial charge in [-0.2, -0.15) is 0 Å². The minimum atomic E-state index is -0.849. The fraction of sp³-hybridized carbons (Fsp3) is 0.737. The summed E-state index contributed by atoms with van der Waals surface area (Å²) in [7, 11) is 2.69. The lowest BCUT2D eigenvalue weighted by Gasteiger charge is -2.31. The molecule has 4 aliphatic carbocycles. The minimum Gasteiger partial charge on any atom is -0.468 e. The largest absolute Gasteiger partial charge is 0.468 e. The molecule has 4 bridgehead atoms. The van der Waals surface area contributed by atoms with Gasteiger partial charge in [0.1, 0.15) is 4.32 Å². The molecule has 0 spiro atoms. The average Bonchev–Trinajstić information content (AvgIpc) is 3.76. The Morgan fingerprint density at radius 1 is 0.729 bits per heavy atom. The first-order valence-electron chi connectivity index (χ1n) is 15.4. The summed E-state index contributed by atoms with van der Waals surface area (Å²) < 4.78 is 7.77. The summed E-state index contributed by atoms with van der Waals surface area (Å²) in [5, 5.41) is 6.11. The van der Waals surface area contributed by atoms with E-state index in [4.69, 9.17) is 4.74 Å². The minimum absolute atomic E-state index is 0. The van der Waals surface area contributed by atoms with Crippen LogP contribution in [0.25, 0.3) is 0 Å². The van der Waals surface area contributed by atoms with Crippen LogP contribution in [-0.2, 0) is 28.7 Å². The highest BCUT2D eigenvalue weighted by Crippen LogP contribution is 2.44. The van der Waals surface area contributed by atoms with Crippen molar-refractivity contribution in [3.63, 3.8) is 0 Å². The molecule has 2 amide bonds. The maximum atomic E-state index is 12.5. The Morgan fingerprint density at radius 3 is 1.42 bits per heavy atom. The van der Waals surface area contributed by atoms with E-state index in [1.807, 2.05) is 27.7 Å². The number of nitrogens with one attached hydrogen (secondary N) is 2.